The molecule has 1 amide bonds. The number of aryl methyl sites for hydroxylation is 1. The summed E-state index contributed by atoms with van der Waals surface area (Å²) in [6.45, 7) is 2.43. The van der Waals surface area contributed by atoms with Crippen molar-refractivity contribution in [1.29, 1.82) is 0 Å². The van der Waals surface area contributed by atoms with E-state index in [4.69, 9.17) is 9.52 Å². The van der Waals surface area contributed by atoms with Crippen LogP contribution in [0.25, 0.3) is 16.9 Å². The number of para-hydroxylation sites is 1. The van der Waals surface area contributed by atoms with Crippen LogP contribution in [0.5, 0.6) is 0 Å². The monoisotopic (exact) mass is 385 g/mol. The van der Waals surface area contributed by atoms with Gasteiger partial charge in [-0.1, -0.05) is 55.5 Å². The van der Waals surface area contributed by atoms with Crippen LogP contribution in [-0.4, -0.2) is 27.6 Å². The summed E-state index contributed by atoms with van der Waals surface area (Å²) in [5.74, 6) is 1.03. The van der Waals surface area contributed by atoms with Gasteiger partial charge in [-0.15, -0.1) is 0 Å². The molecule has 0 unspecified atom stereocenters. The zero-order valence-corrected chi connectivity index (χ0v) is 16.6. The molecule has 5 nitrogen and oxygen atoms in total. The highest BCUT2D eigenvalue weighted by molar-refractivity contribution is 5.91. The summed E-state index contributed by atoms with van der Waals surface area (Å²) < 4.78 is 7.49. The van der Waals surface area contributed by atoms with Crippen molar-refractivity contribution < 1.29 is 9.21 Å². The van der Waals surface area contributed by atoms with Gasteiger partial charge in [0, 0.05) is 37.3 Å². The zero-order valence-electron chi connectivity index (χ0n) is 16.6. The minimum absolute atomic E-state index is 0.142. The van der Waals surface area contributed by atoms with E-state index in [1.807, 2.05) is 84.5 Å². The van der Waals surface area contributed by atoms with Gasteiger partial charge < -0.3 is 9.32 Å². The van der Waals surface area contributed by atoms with Crippen molar-refractivity contribution in [2.75, 3.05) is 7.05 Å². The maximum Gasteiger partial charge on any atom is 0.289 e. The van der Waals surface area contributed by atoms with Crippen molar-refractivity contribution in [2.45, 2.75) is 19.9 Å². The van der Waals surface area contributed by atoms with Gasteiger partial charge in [0.1, 0.15) is 5.76 Å². The number of rotatable bonds is 6. The average Bonchev–Trinajstić information content (AvgIpc) is 3.42. The topological polar surface area (TPSA) is 51.3 Å². The van der Waals surface area contributed by atoms with E-state index in [1.54, 1.807) is 18.0 Å². The van der Waals surface area contributed by atoms with Gasteiger partial charge in [-0.25, -0.2) is 4.68 Å². The number of hydrogen-bond donors (Lipinski definition) is 0. The first-order valence-corrected chi connectivity index (χ1v) is 9.69. The van der Waals surface area contributed by atoms with Crippen LogP contribution in [0.4, 0.5) is 0 Å². The van der Waals surface area contributed by atoms with E-state index in [2.05, 4.69) is 0 Å². The smallest absolute Gasteiger partial charge is 0.289 e. The molecular formula is C24H23N3O2. The minimum Gasteiger partial charge on any atom is -0.456 e. The summed E-state index contributed by atoms with van der Waals surface area (Å²) in [5, 5.41) is 4.81. The van der Waals surface area contributed by atoms with Crippen LogP contribution in [0.2, 0.25) is 0 Å². The van der Waals surface area contributed by atoms with Crippen molar-refractivity contribution in [3.8, 4) is 16.9 Å². The lowest BCUT2D eigenvalue weighted by molar-refractivity contribution is 0.0752. The number of furan rings is 1. The Labute approximate surface area is 170 Å². The van der Waals surface area contributed by atoms with Gasteiger partial charge >= 0.3 is 0 Å². The van der Waals surface area contributed by atoms with E-state index in [9.17, 15) is 4.79 Å². The van der Waals surface area contributed by atoms with E-state index < -0.39 is 0 Å². The van der Waals surface area contributed by atoms with Gasteiger partial charge in [-0.3, -0.25) is 4.79 Å². The van der Waals surface area contributed by atoms with Crippen LogP contribution in [0.3, 0.4) is 0 Å². The van der Waals surface area contributed by atoms with Gasteiger partial charge in [-0.2, -0.15) is 5.10 Å². The predicted octanol–water partition coefficient (Wildman–Crippen LogP) is 4.97. The molecule has 0 aliphatic rings. The van der Waals surface area contributed by atoms with Gasteiger partial charge in [0.25, 0.3) is 5.91 Å². The van der Waals surface area contributed by atoms with Crippen molar-refractivity contribution in [3.05, 3.63) is 96.1 Å². The molecule has 0 saturated carbocycles. The molecule has 2 aromatic carbocycles. The van der Waals surface area contributed by atoms with Crippen LogP contribution in [0.1, 0.15) is 28.8 Å². The maximum absolute atomic E-state index is 12.8. The third kappa shape index (κ3) is 3.99. The predicted molar refractivity (Wildman–Crippen MR) is 113 cm³/mol. The standard InChI is InChI=1S/C24H23N3O2/c1-3-21-14-15-22(29-21)24(28)26(2)16-19-17-27(20-12-8-5-9-13-20)25-23(19)18-10-6-4-7-11-18/h4-15,17H,3,16H2,1-2H3. The Kier molecular flexibility index (Phi) is 5.29. The highest BCUT2D eigenvalue weighted by atomic mass is 16.4. The van der Waals surface area contributed by atoms with Crippen molar-refractivity contribution in [1.82, 2.24) is 14.7 Å². The minimum atomic E-state index is -0.142. The number of hydrogen-bond acceptors (Lipinski definition) is 3. The Bertz CT molecular complexity index is 1100. The lowest BCUT2D eigenvalue weighted by Crippen LogP contribution is -2.25. The summed E-state index contributed by atoms with van der Waals surface area (Å²) in [5.41, 5.74) is 3.83. The van der Waals surface area contributed by atoms with Crippen molar-refractivity contribution in [2.24, 2.45) is 0 Å². The van der Waals surface area contributed by atoms with Gasteiger partial charge in [0.05, 0.1) is 11.4 Å². The normalized spacial score (nSPS) is 10.8. The van der Waals surface area contributed by atoms with Gasteiger partial charge in [-0.05, 0) is 24.3 Å². The molecule has 0 bridgehead atoms. The number of carbonyl (C=O) groups excluding carboxylic acids is 1. The molecule has 0 radical (unpaired) electrons. The first-order chi connectivity index (χ1) is 14.2. The molecule has 0 N–H and O–H groups in total. The van der Waals surface area contributed by atoms with Crippen molar-refractivity contribution >= 4 is 5.91 Å². The lowest BCUT2D eigenvalue weighted by Gasteiger charge is -2.15. The number of carbonyl (C=O) groups is 1. The van der Waals surface area contributed by atoms with E-state index in [0.29, 0.717) is 12.3 Å². The Hall–Kier alpha value is -3.60. The molecule has 0 aliphatic carbocycles. The SMILES string of the molecule is CCc1ccc(C(=O)N(C)Cc2cn(-c3ccccc3)nc2-c2ccccc2)o1. The van der Waals surface area contributed by atoms with E-state index >= 15 is 0 Å². The van der Waals surface area contributed by atoms with Crippen LogP contribution >= 0.6 is 0 Å². The molecule has 0 atom stereocenters. The van der Waals surface area contributed by atoms with Crippen LogP contribution in [-0.2, 0) is 13.0 Å². The van der Waals surface area contributed by atoms with E-state index in [0.717, 1.165) is 34.7 Å². The molecule has 0 saturated heterocycles. The van der Waals surface area contributed by atoms with Gasteiger partial charge in [0.15, 0.2) is 5.76 Å². The third-order valence-corrected chi connectivity index (χ3v) is 4.83. The fourth-order valence-corrected chi connectivity index (χ4v) is 3.28. The summed E-state index contributed by atoms with van der Waals surface area (Å²) in [7, 11) is 1.78. The molecule has 4 rings (SSSR count). The molecule has 29 heavy (non-hydrogen) atoms. The molecular weight excluding hydrogens is 362 g/mol. The highest BCUT2D eigenvalue weighted by Gasteiger charge is 2.20. The second-order valence-electron chi connectivity index (χ2n) is 6.93. The number of benzene rings is 2. The van der Waals surface area contributed by atoms with Crippen LogP contribution < -0.4 is 0 Å². The first kappa shape index (κ1) is 18.7. The fourth-order valence-electron chi connectivity index (χ4n) is 3.28. The molecule has 2 heterocycles. The third-order valence-electron chi connectivity index (χ3n) is 4.83. The lowest BCUT2D eigenvalue weighted by atomic mass is 10.1. The first-order valence-electron chi connectivity index (χ1n) is 9.69. The van der Waals surface area contributed by atoms with E-state index in [-0.39, 0.29) is 5.91 Å². The molecule has 0 spiro atoms. The fraction of sp³-hybridized carbons (Fsp3) is 0.167. The molecule has 0 aliphatic heterocycles. The van der Waals surface area contributed by atoms with Gasteiger partial charge in [0.2, 0.25) is 0 Å². The largest absolute Gasteiger partial charge is 0.456 e. The quantitative estimate of drug-likeness (QED) is 0.471. The molecule has 2 aromatic heterocycles. The Morgan fingerprint density at radius 1 is 1.00 bits per heavy atom. The Morgan fingerprint density at radius 3 is 2.34 bits per heavy atom. The number of nitrogens with zero attached hydrogens (tertiary/aromatic N) is 3. The molecule has 4 aromatic rings. The summed E-state index contributed by atoms with van der Waals surface area (Å²) >= 11 is 0. The Morgan fingerprint density at radius 2 is 1.69 bits per heavy atom. The maximum atomic E-state index is 12.8. The second kappa shape index (κ2) is 8.19. The second-order valence-corrected chi connectivity index (χ2v) is 6.93. The van der Waals surface area contributed by atoms with Crippen LogP contribution in [0.15, 0.2) is 83.4 Å². The number of amides is 1. The summed E-state index contributed by atoms with van der Waals surface area (Å²) in [6.07, 6.45) is 2.75. The molecule has 0 fully saturated rings. The molecule has 146 valence electrons. The highest BCUT2D eigenvalue weighted by Crippen LogP contribution is 2.25. The molecule has 5 heteroatoms. The summed E-state index contributed by atoms with van der Waals surface area (Å²) in [6, 6.07) is 23.6. The summed E-state index contributed by atoms with van der Waals surface area (Å²) in [4.78, 5) is 14.5. The van der Waals surface area contributed by atoms with E-state index in [1.165, 1.54) is 0 Å². The average molecular weight is 385 g/mol. The van der Waals surface area contributed by atoms with Crippen molar-refractivity contribution in [3.63, 3.8) is 0 Å². The van der Waals surface area contributed by atoms with Crippen LogP contribution in [0, 0.1) is 0 Å². The number of aromatic nitrogens is 2. The Balaban J connectivity index is 1.66. The zero-order chi connectivity index (χ0) is 20.2.